The van der Waals surface area contributed by atoms with E-state index in [4.69, 9.17) is 19.5 Å². The van der Waals surface area contributed by atoms with Gasteiger partial charge in [-0.05, 0) is 46.2 Å². The molecule has 0 aliphatic carbocycles. The van der Waals surface area contributed by atoms with Crippen molar-refractivity contribution < 1.29 is 9.47 Å². The van der Waals surface area contributed by atoms with Gasteiger partial charge in [0.05, 0.1) is 0 Å². The van der Waals surface area contributed by atoms with Crippen molar-refractivity contribution in [3.8, 4) is 0 Å². The van der Waals surface area contributed by atoms with Crippen LogP contribution in [0.25, 0.3) is 0 Å². The van der Waals surface area contributed by atoms with Crippen molar-refractivity contribution in [1.29, 1.82) is 0 Å². The maximum Gasteiger partial charge on any atom is 0.201 e. The number of aliphatic imine (C=N–C) groups is 2. The Bertz CT molecular complexity index is 1870. The smallest absolute Gasteiger partial charge is 0.201 e. The Hall–Kier alpha value is -5.74. The second-order valence-electron chi connectivity index (χ2n) is 12.9. The molecule has 4 nitrogen and oxygen atoms in total. The summed E-state index contributed by atoms with van der Waals surface area (Å²) < 4.78 is 14.4. The quantitative estimate of drug-likeness (QED) is 0.150. The topological polar surface area (TPSA) is 43.2 Å². The van der Waals surface area contributed by atoms with Gasteiger partial charge in [0, 0.05) is 0 Å². The first-order chi connectivity index (χ1) is 24.3. The molecule has 49 heavy (non-hydrogen) atoms. The molecule has 0 radical (unpaired) electrons. The highest BCUT2D eigenvalue weighted by Gasteiger charge is 2.53. The fraction of sp³-hybridized carbons (Fsp3) is 0.156. The fourth-order valence-corrected chi connectivity index (χ4v) is 7.22. The SMILES string of the molecule is c1ccc(CC(Cc2ccccc2)(C2=N[C@H](c3ccccc3)C(c3ccccc3)O2)C2=N[C@@H](c3ccccc3)[C@H](c3ccccc3)O2)cc1. The molecule has 1 unspecified atom stereocenters. The van der Waals surface area contributed by atoms with Crippen LogP contribution in [0.4, 0.5) is 0 Å². The van der Waals surface area contributed by atoms with Gasteiger partial charge in [-0.2, -0.15) is 0 Å². The van der Waals surface area contributed by atoms with E-state index in [9.17, 15) is 0 Å². The van der Waals surface area contributed by atoms with Crippen LogP contribution >= 0.6 is 0 Å². The third-order valence-corrected chi connectivity index (χ3v) is 9.62. The highest BCUT2D eigenvalue weighted by atomic mass is 16.5. The van der Waals surface area contributed by atoms with Crippen LogP contribution in [-0.2, 0) is 22.3 Å². The fourth-order valence-electron chi connectivity index (χ4n) is 7.22. The van der Waals surface area contributed by atoms with Gasteiger partial charge >= 0.3 is 0 Å². The number of nitrogens with zero attached hydrogens (tertiary/aromatic N) is 2. The molecule has 0 aromatic heterocycles. The Morgan fingerprint density at radius 2 is 0.653 bits per heavy atom. The zero-order valence-electron chi connectivity index (χ0n) is 27.3. The summed E-state index contributed by atoms with van der Waals surface area (Å²) in [5.41, 5.74) is 5.88. The largest absolute Gasteiger partial charge is 0.469 e. The summed E-state index contributed by atoms with van der Waals surface area (Å²) in [6.45, 7) is 0. The van der Waals surface area contributed by atoms with Gasteiger partial charge in [-0.15, -0.1) is 0 Å². The molecular formula is C45H38N2O2. The Morgan fingerprint density at radius 1 is 0.367 bits per heavy atom. The molecule has 8 rings (SSSR count). The van der Waals surface area contributed by atoms with Gasteiger partial charge < -0.3 is 9.47 Å². The Labute approximate surface area is 288 Å². The number of benzene rings is 6. The molecule has 0 saturated heterocycles. The molecule has 2 aliphatic rings. The average molecular weight is 639 g/mol. The van der Waals surface area contributed by atoms with Gasteiger partial charge in [-0.1, -0.05) is 182 Å². The minimum absolute atomic E-state index is 0.235. The van der Waals surface area contributed by atoms with Crippen molar-refractivity contribution in [2.24, 2.45) is 15.4 Å². The van der Waals surface area contributed by atoms with Crippen LogP contribution in [0.2, 0.25) is 0 Å². The summed E-state index contributed by atoms with van der Waals surface area (Å²) in [5, 5.41) is 0. The van der Waals surface area contributed by atoms with E-state index >= 15 is 0 Å². The molecule has 4 heteroatoms. The lowest BCUT2D eigenvalue weighted by atomic mass is 9.75. The van der Waals surface area contributed by atoms with Crippen molar-refractivity contribution in [2.75, 3.05) is 0 Å². The van der Waals surface area contributed by atoms with Crippen LogP contribution in [0, 0.1) is 5.41 Å². The number of ether oxygens (including phenoxy) is 2. The summed E-state index contributed by atoms with van der Waals surface area (Å²) in [6.07, 6.45) is 0.599. The number of hydrogen-bond donors (Lipinski definition) is 0. The van der Waals surface area contributed by atoms with Gasteiger partial charge in [0.15, 0.2) is 12.2 Å². The minimum Gasteiger partial charge on any atom is -0.469 e. The highest BCUT2D eigenvalue weighted by Crippen LogP contribution is 2.50. The van der Waals surface area contributed by atoms with Gasteiger partial charge in [0.25, 0.3) is 0 Å². The van der Waals surface area contributed by atoms with E-state index in [2.05, 4.69) is 158 Å². The maximum atomic E-state index is 7.21. The summed E-state index contributed by atoms with van der Waals surface area (Å²) in [5.74, 6) is 1.31. The number of rotatable bonds is 10. The first-order valence-electron chi connectivity index (χ1n) is 17.0. The molecule has 4 atom stereocenters. The zero-order valence-corrected chi connectivity index (χ0v) is 27.3. The predicted octanol–water partition coefficient (Wildman–Crippen LogP) is 10.3. The lowest BCUT2D eigenvalue weighted by Gasteiger charge is -2.34. The van der Waals surface area contributed by atoms with Crippen LogP contribution < -0.4 is 0 Å². The van der Waals surface area contributed by atoms with Crippen LogP contribution in [-0.4, -0.2) is 11.8 Å². The summed E-state index contributed by atoms with van der Waals surface area (Å²) in [4.78, 5) is 11.1. The van der Waals surface area contributed by atoms with Crippen molar-refractivity contribution in [1.82, 2.24) is 0 Å². The molecule has 6 aromatic rings. The molecule has 0 saturated carbocycles. The monoisotopic (exact) mass is 638 g/mol. The van der Waals surface area contributed by atoms with Gasteiger partial charge in [0.2, 0.25) is 11.8 Å². The molecule has 0 amide bonds. The highest BCUT2D eigenvalue weighted by molar-refractivity contribution is 6.07. The second-order valence-corrected chi connectivity index (χ2v) is 12.9. The lowest BCUT2D eigenvalue weighted by molar-refractivity contribution is 0.154. The Balaban J connectivity index is 1.34. The van der Waals surface area contributed by atoms with Crippen molar-refractivity contribution in [3.05, 3.63) is 215 Å². The predicted molar refractivity (Wildman–Crippen MR) is 196 cm³/mol. The molecular weight excluding hydrogens is 601 g/mol. The Kier molecular flexibility index (Phi) is 8.60. The lowest BCUT2D eigenvalue weighted by Crippen LogP contribution is -2.44. The normalized spacial score (nSPS) is 20.2. The van der Waals surface area contributed by atoms with E-state index in [1.165, 1.54) is 0 Å². The van der Waals surface area contributed by atoms with E-state index in [0.29, 0.717) is 24.6 Å². The average Bonchev–Trinajstić information content (AvgIpc) is 3.84. The molecule has 240 valence electrons. The van der Waals surface area contributed by atoms with E-state index < -0.39 is 5.41 Å². The summed E-state index contributed by atoms with van der Waals surface area (Å²) >= 11 is 0. The molecule has 0 bridgehead atoms. The van der Waals surface area contributed by atoms with Crippen LogP contribution in [0.15, 0.2) is 192 Å². The summed E-state index contributed by atoms with van der Waals surface area (Å²) in [7, 11) is 0. The molecule has 0 N–H and O–H groups in total. The standard InChI is InChI=1S/C45H38N2O2/c1-7-19-33(20-8-1)31-45(32-34-21-9-2-10-22-34,43-46-39(35-23-11-3-12-24-35)41(48-43)37-27-15-5-16-28-37)44-47-40(36-25-13-4-14-26-36)42(49-44)38-29-17-6-18-30-38/h1-30,39-42H,31-32H2/t39-,40+,41-,42?/m0/s1. The molecule has 0 spiro atoms. The van der Waals surface area contributed by atoms with Crippen LogP contribution in [0.1, 0.15) is 57.7 Å². The van der Waals surface area contributed by atoms with E-state index in [0.717, 1.165) is 33.4 Å². The molecule has 6 aromatic carbocycles. The maximum absolute atomic E-state index is 7.21. The van der Waals surface area contributed by atoms with E-state index in [-0.39, 0.29) is 24.3 Å². The van der Waals surface area contributed by atoms with E-state index in [1.54, 1.807) is 0 Å². The van der Waals surface area contributed by atoms with Crippen molar-refractivity contribution in [3.63, 3.8) is 0 Å². The molecule has 2 heterocycles. The molecule has 0 fully saturated rings. The molecule has 2 aliphatic heterocycles. The van der Waals surface area contributed by atoms with Gasteiger partial charge in [-0.25, -0.2) is 9.98 Å². The van der Waals surface area contributed by atoms with Gasteiger partial charge in [-0.3, -0.25) is 0 Å². The summed E-state index contributed by atoms with van der Waals surface area (Å²) in [6, 6.07) is 62.6. The van der Waals surface area contributed by atoms with E-state index in [1.807, 2.05) is 24.3 Å². The van der Waals surface area contributed by atoms with Crippen LogP contribution in [0.5, 0.6) is 0 Å². The number of hydrogen-bond acceptors (Lipinski definition) is 4. The second kappa shape index (κ2) is 13.8. The first-order valence-corrected chi connectivity index (χ1v) is 17.0. The third kappa shape index (κ3) is 6.30. The van der Waals surface area contributed by atoms with Crippen molar-refractivity contribution >= 4 is 11.8 Å². The van der Waals surface area contributed by atoms with Crippen LogP contribution in [0.3, 0.4) is 0 Å². The zero-order chi connectivity index (χ0) is 32.9. The third-order valence-electron chi connectivity index (χ3n) is 9.62. The van der Waals surface area contributed by atoms with Crippen molar-refractivity contribution in [2.45, 2.75) is 37.1 Å². The Morgan fingerprint density at radius 3 is 0.980 bits per heavy atom. The van der Waals surface area contributed by atoms with Gasteiger partial charge in [0.1, 0.15) is 17.5 Å². The first kappa shape index (κ1) is 30.6. The minimum atomic E-state index is -0.837.